The molecule has 11 heteroatoms. The number of hydrogen-bond donors (Lipinski definition) is 4. The monoisotopic (exact) mass is 671 g/mol. The molecule has 0 bridgehead atoms. The standard InChI is InChI=1S/C37H51F2N3O6/c1-5-12-42(13-6-2)36(46)29-15-23(4)14-28(19-29)35(45)41-32(18-25-16-30(38)21-31(39)17-25)33(43)20-26(7-3)34(44)40-22-24-8-10-27(11-9-24)37(47)48/h14-17,19,21,24,26-27,32-33,43H,5-13,18,20,22H2,1-4H3,(H,40,44)(H,41,45)(H,47,48). The minimum absolute atomic E-state index is 0.0165. The van der Waals surface area contributed by atoms with Crippen LogP contribution in [-0.4, -0.2) is 70.6 Å². The van der Waals surface area contributed by atoms with Gasteiger partial charge in [-0.2, -0.15) is 0 Å². The number of aryl methyl sites for hydroxylation is 1. The van der Waals surface area contributed by atoms with Crippen molar-refractivity contribution in [2.45, 2.75) is 97.6 Å². The lowest BCUT2D eigenvalue weighted by atomic mass is 9.82. The molecular formula is C37H51F2N3O6. The maximum absolute atomic E-state index is 14.1. The lowest BCUT2D eigenvalue weighted by molar-refractivity contribution is -0.143. The highest BCUT2D eigenvalue weighted by Crippen LogP contribution is 2.29. The average Bonchev–Trinajstić information content (AvgIpc) is 3.04. The second-order valence-electron chi connectivity index (χ2n) is 13.2. The van der Waals surface area contributed by atoms with Crippen LogP contribution >= 0.6 is 0 Å². The van der Waals surface area contributed by atoms with Crippen molar-refractivity contribution in [2.24, 2.45) is 17.8 Å². The van der Waals surface area contributed by atoms with Crippen LogP contribution in [0.5, 0.6) is 0 Å². The lowest BCUT2D eigenvalue weighted by Crippen LogP contribution is -2.47. The van der Waals surface area contributed by atoms with Gasteiger partial charge in [0, 0.05) is 42.7 Å². The van der Waals surface area contributed by atoms with E-state index in [9.17, 15) is 38.2 Å². The first-order valence-corrected chi connectivity index (χ1v) is 17.2. The van der Waals surface area contributed by atoms with Gasteiger partial charge in [-0.15, -0.1) is 0 Å². The Kier molecular flexibility index (Phi) is 15.0. The van der Waals surface area contributed by atoms with E-state index in [1.165, 1.54) is 6.07 Å². The van der Waals surface area contributed by atoms with Crippen LogP contribution in [0.25, 0.3) is 0 Å². The molecule has 2 aromatic carbocycles. The van der Waals surface area contributed by atoms with Gasteiger partial charge in [0.15, 0.2) is 0 Å². The molecule has 0 aliphatic heterocycles. The van der Waals surface area contributed by atoms with Crippen LogP contribution < -0.4 is 10.6 Å². The van der Waals surface area contributed by atoms with Gasteiger partial charge in [-0.25, -0.2) is 8.78 Å². The van der Waals surface area contributed by atoms with E-state index in [-0.39, 0.29) is 47.6 Å². The number of carboxylic acids is 1. The first kappa shape index (κ1) is 38.6. The number of nitrogens with zero attached hydrogens (tertiary/aromatic N) is 1. The molecule has 1 aliphatic carbocycles. The van der Waals surface area contributed by atoms with Gasteiger partial charge >= 0.3 is 5.97 Å². The predicted molar refractivity (Wildman–Crippen MR) is 179 cm³/mol. The van der Waals surface area contributed by atoms with Crippen molar-refractivity contribution < 1.29 is 38.2 Å². The van der Waals surface area contributed by atoms with Crippen LogP contribution in [0.2, 0.25) is 0 Å². The van der Waals surface area contributed by atoms with E-state index in [0.29, 0.717) is 62.9 Å². The van der Waals surface area contributed by atoms with E-state index in [2.05, 4.69) is 10.6 Å². The largest absolute Gasteiger partial charge is 0.481 e. The third-order valence-corrected chi connectivity index (χ3v) is 9.17. The molecule has 9 nitrogen and oxygen atoms in total. The van der Waals surface area contributed by atoms with Gasteiger partial charge in [0.25, 0.3) is 11.8 Å². The molecule has 264 valence electrons. The summed E-state index contributed by atoms with van der Waals surface area (Å²) in [5.41, 5.74) is 1.49. The number of nitrogens with one attached hydrogen (secondary N) is 2. The summed E-state index contributed by atoms with van der Waals surface area (Å²) >= 11 is 0. The normalized spacial score (nSPS) is 18.0. The van der Waals surface area contributed by atoms with Crippen LogP contribution in [0, 0.1) is 36.3 Å². The van der Waals surface area contributed by atoms with Crippen molar-refractivity contribution in [1.82, 2.24) is 15.5 Å². The van der Waals surface area contributed by atoms with Crippen LogP contribution in [-0.2, 0) is 16.0 Å². The number of aliphatic carboxylic acids is 1. The molecule has 1 fully saturated rings. The number of aliphatic hydroxyl groups is 1. The number of aliphatic hydroxyl groups excluding tert-OH is 1. The molecule has 4 N–H and O–H groups in total. The molecule has 3 unspecified atom stereocenters. The first-order valence-electron chi connectivity index (χ1n) is 17.2. The van der Waals surface area contributed by atoms with Gasteiger partial charge in [-0.05, 0) is 112 Å². The fraction of sp³-hybridized carbons (Fsp3) is 0.568. The van der Waals surface area contributed by atoms with Crippen molar-refractivity contribution >= 4 is 23.7 Å². The Morgan fingerprint density at radius 1 is 0.896 bits per heavy atom. The maximum Gasteiger partial charge on any atom is 0.306 e. The maximum atomic E-state index is 14.1. The van der Waals surface area contributed by atoms with Gasteiger partial charge in [-0.3, -0.25) is 19.2 Å². The van der Waals surface area contributed by atoms with E-state index in [4.69, 9.17) is 0 Å². The average molecular weight is 672 g/mol. The fourth-order valence-electron chi connectivity index (χ4n) is 6.51. The quantitative estimate of drug-likeness (QED) is 0.171. The SMILES string of the molecule is CCCN(CCC)C(=O)c1cc(C)cc(C(=O)NC(Cc2cc(F)cc(F)c2)C(O)CC(CC)C(=O)NCC2CCC(C(=O)O)CC2)c1. The zero-order valence-electron chi connectivity index (χ0n) is 28.6. The fourth-order valence-corrected chi connectivity index (χ4v) is 6.51. The molecule has 2 aromatic rings. The van der Waals surface area contributed by atoms with Crippen molar-refractivity contribution in [3.05, 3.63) is 70.3 Å². The summed E-state index contributed by atoms with van der Waals surface area (Å²) in [6.45, 7) is 9.14. The zero-order chi connectivity index (χ0) is 35.4. The summed E-state index contributed by atoms with van der Waals surface area (Å²) in [7, 11) is 0. The van der Waals surface area contributed by atoms with E-state index in [1.807, 2.05) is 20.8 Å². The van der Waals surface area contributed by atoms with Crippen LogP contribution in [0.3, 0.4) is 0 Å². The molecule has 3 rings (SSSR count). The van der Waals surface area contributed by atoms with E-state index in [0.717, 1.165) is 31.0 Å². The Labute approximate surface area is 282 Å². The number of carbonyl (C=O) groups excluding carboxylic acids is 3. The Bertz CT molecular complexity index is 1390. The number of halogens is 2. The number of hydrogen-bond acceptors (Lipinski definition) is 5. The molecule has 1 saturated carbocycles. The van der Waals surface area contributed by atoms with Crippen LogP contribution in [0.4, 0.5) is 8.78 Å². The summed E-state index contributed by atoms with van der Waals surface area (Å²) in [5.74, 6) is -4.18. The second-order valence-corrected chi connectivity index (χ2v) is 13.2. The highest BCUT2D eigenvalue weighted by Gasteiger charge is 2.30. The molecule has 1 aliphatic rings. The Morgan fingerprint density at radius 2 is 1.50 bits per heavy atom. The Balaban J connectivity index is 1.77. The van der Waals surface area contributed by atoms with Crippen molar-refractivity contribution in [1.29, 1.82) is 0 Å². The summed E-state index contributed by atoms with van der Waals surface area (Å²) in [6, 6.07) is 6.87. The first-order chi connectivity index (χ1) is 22.8. The number of rotatable bonds is 17. The van der Waals surface area contributed by atoms with E-state index >= 15 is 0 Å². The molecule has 3 amide bonds. The van der Waals surface area contributed by atoms with E-state index < -0.39 is 41.6 Å². The van der Waals surface area contributed by atoms with Gasteiger partial charge < -0.3 is 25.7 Å². The summed E-state index contributed by atoms with van der Waals surface area (Å²) in [5, 5.41) is 26.5. The molecule has 0 aromatic heterocycles. The molecular weight excluding hydrogens is 620 g/mol. The van der Waals surface area contributed by atoms with Gasteiger partial charge in [0.05, 0.1) is 18.1 Å². The molecule has 48 heavy (non-hydrogen) atoms. The third-order valence-electron chi connectivity index (χ3n) is 9.17. The number of benzene rings is 2. The van der Waals surface area contributed by atoms with Gasteiger partial charge in [-0.1, -0.05) is 20.8 Å². The van der Waals surface area contributed by atoms with E-state index in [1.54, 1.807) is 24.0 Å². The molecule has 0 heterocycles. The molecule has 0 saturated heterocycles. The molecule has 3 atom stereocenters. The second kappa shape index (κ2) is 18.6. The number of carboxylic acid groups (broad SMARTS) is 1. The number of carbonyl (C=O) groups is 4. The smallest absolute Gasteiger partial charge is 0.306 e. The number of amides is 3. The predicted octanol–water partition coefficient (Wildman–Crippen LogP) is 5.66. The highest BCUT2D eigenvalue weighted by molar-refractivity contribution is 6.00. The summed E-state index contributed by atoms with van der Waals surface area (Å²) < 4.78 is 28.2. The minimum Gasteiger partial charge on any atom is -0.481 e. The van der Waals surface area contributed by atoms with Crippen molar-refractivity contribution in [3.63, 3.8) is 0 Å². The third kappa shape index (κ3) is 11.4. The summed E-state index contributed by atoms with van der Waals surface area (Å²) in [4.78, 5) is 53.2. The Morgan fingerprint density at radius 3 is 2.06 bits per heavy atom. The molecule has 0 radical (unpaired) electrons. The van der Waals surface area contributed by atoms with Crippen LogP contribution in [0.15, 0.2) is 36.4 Å². The zero-order valence-corrected chi connectivity index (χ0v) is 28.6. The van der Waals surface area contributed by atoms with Gasteiger partial charge in [0.2, 0.25) is 5.91 Å². The highest BCUT2D eigenvalue weighted by atomic mass is 19.1. The topological polar surface area (TPSA) is 136 Å². The van der Waals surface area contributed by atoms with Crippen molar-refractivity contribution in [3.8, 4) is 0 Å². The van der Waals surface area contributed by atoms with Crippen molar-refractivity contribution in [2.75, 3.05) is 19.6 Å². The summed E-state index contributed by atoms with van der Waals surface area (Å²) in [6.07, 6.45) is 3.15. The Hall–Kier alpha value is -3.86. The van der Waals surface area contributed by atoms with Crippen LogP contribution in [0.1, 0.15) is 104 Å². The minimum atomic E-state index is -1.25. The lowest BCUT2D eigenvalue weighted by Gasteiger charge is -2.29. The van der Waals surface area contributed by atoms with Gasteiger partial charge in [0.1, 0.15) is 11.6 Å². The molecule has 0 spiro atoms.